The van der Waals surface area contributed by atoms with Gasteiger partial charge in [0.1, 0.15) is 6.10 Å². The van der Waals surface area contributed by atoms with Crippen LogP contribution in [0, 0.1) is 0 Å². The minimum absolute atomic E-state index is 0.233. The van der Waals surface area contributed by atoms with E-state index in [1.54, 1.807) is 11.0 Å². The monoisotopic (exact) mass is 347 g/mol. The van der Waals surface area contributed by atoms with E-state index in [-0.39, 0.29) is 12.1 Å². The van der Waals surface area contributed by atoms with Crippen LogP contribution in [0.25, 0.3) is 0 Å². The van der Waals surface area contributed by atoms with Crippen LogP contribution in [0.5, 0.6) is 0 Å². The molecule has 1 aromatic rings. The first-order valence-corrected chi connectivity index (χ1v) is 8.68. The van der Waals surface area contributed by atoms with E-state index in [0.29, 0.717) is 26.1 Å². The van der Waals surface area contributed by atoms with E-state index < -0.39 is 0 Å². The summed E-state index contributed by atoms with van der Waals surface area (Å²) < 4.78 is 5.49. The molecule has 0 aliphatic carbocycles. The smallest absolute Gasteiger partial charge is 0.341 e. The maximum atomic E-state index is 12.3. The fourth-order valence-electron chi connectivity index (χ4n) is 2.88. The van der Waals surface area contributed by atoms with Crippen LogP contribution in [-0.2, 0) is 22.5 Å². The molecule has 2 amide bonds. The molecule has 1 saturated heterocycles. The molecule has 0 spiro atoms. The predicted molar refractivity (Wildman–Crippen MR) is 93.1 cm³/mol. The van der Waals surface area contributed by atoms with Gasteiger partial charge < -0.3 is 14.5 Å². The van der Waals surface area contributed by atoms with Gasteiger partial charge in [0, 0.05) is 39.2 Å². The number of carbonyl (C=O) groups excluding carboxylic acids is 1. The molecule has 1 aromatic heterocycles. The van der Waals surface area contributed by atoms with Crippen molar-refractivity contribution < 1.29 is 14.4 Å². The molecule has 2 aliphatic heterocycles. The normalized spacial score (nSPS) is 18.9. The second-order valence-corrected chi connectivity index (χ2v) is 6.26. The van der Waals surface area contributed by atoms with Crippen molar-refractivity contribution in [2.24, 2.45) is 0 Å². The van der Waals surface area contributed by atoms with Gasteiger partial charge in [-0.15, -0.1) is 11.7 Å². The van der Waals surface area contributed by atoms with Crippen molar-refractivity contribution >= 4 is 11.8 Å². The first-order chi connectivity index (χ1) is 12.2. The minimum atomic E-state index is -0.249. The number of hydroxylamine groups is 1. The number of nitrogens with zero attached hydrogens (tertiary/aromatic N) is 4. The van der Waals surface area contributed by atoms with Crippen LogP contribution in [0.4, 0.5) is 10.6 Å². The summed E-state index contributed by atoms with van der Waals surface area (Å²) in [7, 11) is 0. The molecule has 3 heterocycles. The zero-order valence-electron chi connectivity index (χ0n) is 14.6. The van der Waals surface area contributed by atoms with Gasteiger partial charge >= 0.3 is 6.03 Å². The Morgan fingerprint density at radius 3 is 3.12 bits per heavy atom. The molecule has 136 valence electrons. The lowest BCUT2D eigenvalue weighted by atomic mass is 10.1. The van der Waals surface area contributed by atoms with E-state index in [1.165, 1.54) is 0 Å². The van der Waals surface area contributed by atoms with Crippen LogP contribution in [0.15, 0.2) is 18.7 Å². The van der Waals surface area contributed by atoms with Gasteiger partial charge in [-0.05, 0) is 25.0 Å². The quantitative estimate of drug-likeness (QED) is 0.653. The van der Waals surface area contributed by atoms with Gasteiger partial charge in [-0.2, -0.15) is 5.10 Å². The number of fused-ring (bicyclic) bond motifs is 1. The summed E-state index contributed by atoms with van der Waals surface area (Å²) in [6, 6.07) is 1.79. The molecule has 8 heteroatoms. The number of urea groups is 1. The average molecular weight is 347 g/mol. The van der Waals surface area contributed by atoms with Gasteiger partial charge in [0.2, 0.25) is 0 Å². The van der Waals surface area contributed by atoms with Crippen LogP contribution >= 0.6 is 0 Å². The van der Waals surface area contributed by atoms with Crippen molar-refractivity contribution in [1.82, 2.24) is 20.6 Å². The van der Waals surface area contributed by atoms with Crippen molar-refractivity contribution in [2.75, 3.05) is 37.7 Å². The predicted octanol–water partition coefficient (Wildman–Crippen LogP) is 1.28. The molecule has 0 aromatic carbocycles. The number of hydrogen-bond donors (Lipinski definition) is 1. The van der Waals surface area contributed by atoms with Gasteiger partial charge in [-0.1, -0.05) is 6.08 Å². The maximum absolute atomic E-state index is 12.3. The topological polar surface area (TPSA) is 79.8 Å². The largest absolute Gasteiger partial charge is 0.380 e. The number of aromatic nitrogens is 2. The van der Waals surface area contributed by atoms with Gasteiger partial charge in [0.05, 0.1) is 12.3 Å². The fourth-order valence-corrected chi connectivity index (χ4v) is 2.88. The van der Waals surface area contributed by atoms with Crippen molar-refractivity contribution in [1.29, 1.82) is 0 Å². The summed E-state index contributed by atoms with van der Waals surface area (Å²) in [5, 5.41) is 8.73. The van der Waals surface area contributed by atoms with E-state index in [2.05, 4.69) is 27.2 Å². The molecular weight excluding hydrogens is 322 g/mol. The second-order valence-electron chi connectivity index (χ2n) is 6.26. The summed E-state index contributed by atoms with van der Waals surface area (Å²) in [6.07, 6.45) is 3.06. The third-order valence-electron chi connectivity index (χ3n) is 4.42. The van der Waals surface area contributed by atoms with Crippen molar-refractivity contribution in [3.8, 4) is 0 Å². The summed E-state index contributed by atoms with van der Waals surface area (Å²) in [5.74, 6) is 0.850. The Bertz CT molecular complexity index is 616. The van der Waals surface area contributed by atoms with Crippen LogP contribution in [0.3, 0.4) is 0 Å². The molecule has 1 N–H and O–H groups in total. The number of anilines is 1. The van der Waals surface area contributed by atoms with E-state index in [0.717, 1.165) is 43.2 Å². The van der Waals surface area contributed by atoms with Gasteiger partial charge in [0.15, 0.2) is 5.82 Å². The number of rotatable bonds is 4. The standard InChI is InChI=1S/C17H25N5O3/c1-3-13(2)25-20-17(23)22-7-5-15-14(12-22)11-16(19-18-15)21-6-4-9-24-10-8-21/h3,11,13H,1,4-10,12H2,2H3,(H,20,23). The van der Waals surface area contributed by atoms with Gasteiger partial charge in [-0.25, -0.2) is 10.3 Å². The summed E-state index contributed by atoms with van der Waals surface area (Å²) in [4.78, 5) is 21.4. The van der Waals surface area contributed by atoms with E-state index >= 15 is 0 Å². The molecule has 8 nitrogen and oxygen atoms in total. The Morgan fingerprint density at radius 1 is 1.40 bits per heavy atom. The van der Waals surface area contributed by atoms with Crippen molar-refractivity contribution in [3.05, 3.63) is 30.0 Å². The Balaban J connectivity index is 1.65. The van der Waals surface area contributed by atoms with Crippen molar-refractivity contribution in [3.63, 3.8) is 0 Å². The third-order valence-corrected chi connectivity index (χ3v) is 4.42. The molecule has 3 rings (SSSR count). The second kappa shape index (κ2) is 8.26. The highest BCUT2D eigenvalue weighted by Gasteiger charge is 2.24. The zero-order chi connectivity index (χ0) is 17.6. The molecule has 2 aliphatic rings. The summed E-state index contributed by atoms with van der Waals surface area (Å²) in [6.45, 7) is 9.73. The van der Waals surface area contributed by atoms with Gasteiger partial charge in [-0.3, -0.25) is 4.84 Å². The molecule has 0 radical (unpaired) electrons. The van der Waals surface area contributed by atoms with Crippen molar-refractivity contribution in [2.45, 2.75) is 32.4 Å². The van der Waals surface area contributed by atoms with Crippen LogP contribution < -0.4 is 10.4 Å². The molecule has 0 bridgehead atoms. The average Bonchev–Trinajstić information content (AvgIpc) is 2.94. The lowest BCUT2D eigenvalue weighted by Gasteiger charge is -2.29. The summed E-state index contributed by atoms with van der Waals surface area (Å²) in [5.41, 5.74) is 4.47. The van der Waals surface area contributed by atoms with E-state index in [1.807, 2.05) is 13.0 Å². The van der Waals surface area contributed by atoms with E-state index in [4.69, 9.17) is 9.57 Å². The lowest BCUT2D eigenvalue weighted by molar-refractivity contribution is 0.0194. The first kappa shape index (κ1) is 17.6. The minimum Gasteiger partial charge on any atom is -0.380 e. The zero-order valence-corrected chi connectivity index (χ0v) is 14.6. The van der Waals surface area contributed by atoms with Gasteiger partial charge in [0.25, 0.3) is 0 Å². The Hall–Kier alpha value is -2.19. The molecule has 1 unspecified atom stereocenters. The van der Waals surface area contributed by atoms with Crippen LogP contribution in [0.2, 0.25) is 0 Å². The Kier molecular flexibility index (Phi) is 5.83. The highest BCUT2D eigenvalue weighted by Crippen LogP contribution is 2.21. The maximum Gasteiger partial charge on any atom is 0.341 e. The Labute approximate surface area is 147 Å². The number of hydrogen-bond acceptors (Lipinski definition) is 6. The van der Waals surface area contributed by atoms with Crippen LogP contribution in [0.1, 0.15) is 24.6 Å². The SMILES string of the molecule is C=CC(C)ONC(=O)N1CCc2nnc(N3CCCOCC3)cc2C1. The van der Waals surface area contributed by atoms with E-state index in [9.17, 15) is 4.79 Å². The molecule has 25 heavy (non-hydrogen) atoms. The van der Waals surface area contributed by atoms with Crippen LogP contribution in [-0.4, -0.2) is 60.1 Å². The molecular formula is C17H25N5O3. The fraction of sp³-hybridized carbons (Fsp3) is 0.588. The third kappa shape index (κ3) is 4.46. The Morgan fingerprint density at radius 2 is 2.28 bits per heavy atom. The number of amides is 2. The first-order valence-electron chi connectivity index (χ1n) is 8.68. The molecule has 1 fully saturated rings. The number of carbonyl (C=O) groups is 1. The number of ether oxygens (including phenoxy) is 1. The highest BCUT2D eigenvalue weighted by atomic mass is 16.7. The number of nitrogens with one attached hydrogen (secondary N) is 1. The molecule has 0 saturated carbocycles. The highest BCUT2D eigenvalue weighted by molar-refractivity contribution is 5.73. The summed E-state index contributed by atoms with van der Waals surface area (Å²) >= 11 is 0. The lowest BCUT2D eigenvalue weighted by Crippen LogP contribution is -2.44. The molecule has 1 atom stereocenters.